The number of carbonyl (C=O) groups is 1. The molecule has 1 N–H and O–H groups in total. The summed E-state index contributed by atoms with van der Waals surface area (Å²) in [6.07, 6.45) is 0.924. The molecule has 2 aromatic rings. The van der Waals surface area contributed by atoms with Crippen molar-refractivity contribution >= 4 is 5.97 Å². The summed E-state index contributed by atoms with van der Waals surface area (Å²) < 4.78 is 17.3. The Labute approximate surface area is 132 Å². The first-order valence-electron chi connectivity index (χ1n) is 7.21. The summed E-state index contributed by atoms with van der Waals surface area (Å²) in [5.41, 5.74) is 1.36. The van der Waals surface area contributed by atoms with Crippen molar-refractivity contribution in [2.45, 2.75) is 13.3 Å². The Kier molecular flexibility index (Phi) is 4.49. The lowest BCUT2D eigenvalue weighted by Gasteiger charge is -2.13. The molecule has 3 rings (SSSR count). The maximum atomic E-state index is 12.0. The molecule has 0 saturated carbocycles. The number of aromatic nitrogens is 4. The van der Waals surface area contributed by atoms with Crippen LogP contribution in [0.1, 0.15) is 23.8 Å². The summed E-state index contributed by atoms with van der Waals surface area (Å²) in [7, 11) is 1.52. The molecule has 9 nitrogen and oxygen atoms in total. The van der Waals surface area contributed by atoms with E-state index in [9.17, 15) is 4.79 Å². The first-order valence-corrected chi connectivity index (χ1v) is 7.21. The maximum absolute atomic E-state index is 12.0. The van der Waals surface area contributed by atoms with E-state index in [0.29, 0.717) is 30.4 Å². The van der Waals surface area contributed by atoms with Crippen LogP contribution in [0.3, 0.4) is 0 Å². The highest BCUT2D eigenvalue weighted by atomic mass is 16.5. The third-order valence-corrected chi connectivity index (χ3v) is 3.25. The smallest absolute Gasteiger partial charge is 0.358 e. The van der Waals surface area contributed by atoms with Gasteiger partial charge in [-0.2, -0.15) is 5.10 Å². The van der Waals surface area contributed by atoms with Crippen molar-refractivity contribution in [3.05, 3.63) is 24.2 Å². The largest absolute Gasteiger partial charge is 0.481 e. The van der Waals surface area contributed by atoms with Gasteiger partial charge in [-0.15, -0.1) is 0 Å². The first-order chi connectivity index (χ1) is 11.2. The van der Waals surface area contributed by atoms with Crippen LogP contribution in [0.2, 0.25) is 0 Å². The van der Waals surface area contributed by atoms with Crippen LogP contribution in [-0.4, -0.2) is 52.6 Å². The van der Waals surface area contributed by atoms with Gasteiger partial charge in [0.25, 0.3) is 0 Å². The monoisotopic (exact) mass is 319 g/mol. The summed E-state index contributed by atoms with van der Waals surface area (Å²) >= 11 is 0. The molecule has 0 aromatic carbocycles. The van der Waals surface area contributed by atoms with E-state index < -0.39 is 12.3 Å². The van der Waals surface area contributed by atoms with Gasteiger partial charge in [-0.25, -0.2) is 19.4 Å². The second-order valence-corrected chi connectivity index (χ2v) is 4.70. The Morgan fingerprint density at radius 3 is 3.04 bits per heavy atom. The van der Waals surface area contributed by atoms with E-state index in [4.69, 9.17) is 14.2 Å². The maximum Gasteiger partial charge on any atom is 0.358 e. The quantitative estimate of drug-likeness (QED) is 0.800. The van der Waals surface area contributed by atoms with Gasteiger partial charge in [0.15, 0.2) is 5.69 Å². The van der Waals surface area contributed by atoms with Gasteiger partial charge < -0.3 is 14.2 Å². The molecule has 1 fully saturated rings. The number of esters is 1. The number of carbonyl (C=O) groups excluding carboxylic acids is 1. The number of rotatable bonds is 5. The highest BCUT2D eigenvalue weighted by Gasteiger charge is 2.25. The summed E-state index contributed by atoms with van der Waals surface area (Å²) in [6, 6.07) is 3.28. The lowest BCUT2D eigenvalue weighted by Crippen LogP contribution is -2.23. The number of hydrogen-bond donors (Lipinski definition) is 1. The van der Waals surface area contributed by atoms with Crippen molar-refractivity contribution in [3.63, 3.8) is 0 Å². The molecule has 2 aromatic heterocycles. The number of nitrogens with zero attached hydrogens (tertiary/aromatic N) is 4. The topological polar surface area (TPSA) is 100 Å². The molecule has 0 spiro atoms. The zero-order chi connectivity index (χ0) is 16.2. The minimum Gasteiger partial charge on any atom is -0.481 e. The Hall–Kier alpha value is -2.52. The third kappa shape index (κ3) is 3.15. The second-order valence-electron chi connectivity index (χ2n) is 4.70. The molecule has 9 heteroatoms. The fraction of sp³-hybridized carbons (Fsp3) is 0.429. The SMILES string of the molecule is CCOC(=O)c1cc(-c2cc(OC)ncn2)n(C2NCCO2)n1. The summed E-state index contributed by atoms with van der Waals surface area (Å²) in [4.78, 5) is 20.2. The molecule has 23 heavy (non-hydrogen) atoms. The fourth-order valence-corrected chi connectivity index (χ4v) is 2.23. The van der Waals surface area contributed by atoms with Crippen LogP contribution >= 0.6 is 0 Å². The molecule has 1 saturated heterocycles. The number of methoxy groups -OCH3 is 1. The van der Waals surface area contributed by atoms with Crippen LogP contribution in [0, 0.1) is 0 Å². The van der Waals surface area contributed by atoms with Crippen LogP contribution < -0.4 is 10.1 Å². The lowest BCUT2D eigenvalue weighted by atomic mass is 10.2. The van der Waals surface area contributed by atoms with Gasteiger partial charge in [-0.3, -0.25) is 5.32 Å². The van der Waals surface area contributed by atoms with Gasteiger partial charge >= 0.3 is 5.97 Å². The standard InChI is InChI=1S/C14H17N5O4/c1-3-22-13(20)10-6-11(9-7-12(21-2)17-8-16-9)19(18-10)14-15-4-5-23-14/h6-8,14-15H,3-5H2,1-2H3. The van der Waals surface area contributed by atoms with E-state index in [1.807, 2.05) is 0 Å². The molecule has 1 atom stereocenters. The van der Waals surface area contributed by atoms with Crippen LogP contribution in [-0.2, 0) is 9.47 Å². The van der Waals surface area contributed by atoms with Crippen molar-refractivity contribution < 1.29 is 19.0 Å². The fourth-order valence-electron chi connectivity index (χ4n) is 2.23. The predicted molar refractivity (Wildman–Crippen MR) is 78.8 cm³/mol. The minimum absolute atomic E-state index is 0.191. The van der Waals surface area contributed by atoms with E-state index in [2.05, 4.69) is 20.4 Å². The minimum atomic E-state index is -0.494. The Morgan fingerprint density at radius 2 is 2.35 bits per heavy atom. The van der Waals surface area contributed by atoms with Crippen molar-refractivity contribution in [3.8, 4) is 17.3 Å². The van der Waals surface area contributed by atoms with Crippen LogP contribution in [0.5, 0.6) is 5.88 Å². The van der Waals surface area contributed by atoms with Crippen LogP contribution in [0.4, 0.5) is 0 Å². The lowest BCUT2D eigenvalue weighted by molar-refractivity contribution is 0.0341. The van der Waals surface area contributed by atoms with Crippen molar-refractivity contribution in [1.82, 2.24) is 25.1 Å². The van der Waals surface area contributed by atoms with E-state index in [0.717, 1.165) is 0 Å². The summed E-state index contributed by atoms with van der Waals surface area (Å²) in [5, 5.41) is 7.44. The Morgan fingerprint density at radius 1 is 1.48 bits per heavy atom. The Balaban J connectivity index is 2.03. The summed E-state index contributed by atoms with van der Waals surface area (Å²) in [6.45, 7) is 3.28. The molecule has 122 valence electrons. The van der Waals surface area contributed by atoms with E-state index >= 15 is 0 Å². The van der Waals surface area contributed by atoms with Crippen molar-refractivity contribution in [1.29, 1.82) is 0 Å². The molecular weight excluding hydrogens is 302 g/mol. The second kappa shape index (κ2) is 6.71. The van der Waals surface area contributed by atoms with Gasteiger partial charge in [-0.05, 0) is 6.92 Å². The van der Waals surface area contributed by atoms with Crippen LogP contribution in [0.25, 0.3) is 11.4 Å². The highest BCUT2D eigenvalue weighted by Crippen LogP contribution is 2.25. The van der Waals surface area contributed by atoms with Crippen LogP contribution in [0.15, 0.2) is 18.5 Å². The van der Waals surface area contributed by atoms with Gasteiger partial charge in [0.05, 0.1) is 31.7 Å². The van der Waals surface area contributed by atoms with Gasteiger partial charge in [0, 0.05) is 18.7 Å². The molecule has 1 unspecified atom stereocenters. The molecule has 0 radical (unpaired) electrons. The number of nitrogens with one attached hydrogen (secondary N) is 1. The third-order valence-electron chi connectivity index (χ3n) is 3.25. The molecular formula is C14H17N5O4. The van der Waals surface area contributed by atoms with Crippen molar-refractivity contribution in [2.75, 3.05) is 26.9 Å². The molecule has 0 amide bonds. The molecule has 3 heterocycles. The normalized spacial score (nSPS) is 17.2. The van der Waals surface area contributed by atoms with Gasteiger partial charge in [-0.1, -0.05) is 0 Å². The van der Waals surface area contributed by atoms with E-state index in [1.165, 1.54) is 13.4 Å². The van der Waals surface area contributed by atoms with Gasteiger partial charge in [0.2, 0.25) is 12.2 Å². The average Bonchev–Trinajstić information content (AvgIpc) is 3.24. The first kappa shape index (κ1) is 15.4. The summed E-state index contributed by atoms with van der Waals surface area (Å²) in [5.74, 6) is -0.0766. The van der Waals surface area contributed by atoms with Gasteiger partial charge in [0.1, 0.15) is 6.33 Å². The number of ether oxygens (including phenoxy) is 3. The Bertz CT molecular complexity index is 696. The average molecular weight is 319 g/mol. The van der Waals surface area contributed by atoms with E-state index in [1.54, 1.807) is 23.7 Å². The predicted octanol–water partition coefficient (Wildman–Crippen LogP) is 0.601. The molecule has 1 aliphatic heterocycles. The number of hydrogen-bond acceptors (Lipinski definition) is 8. The molecule has 0 bridgehead atoms. The zero-order valence-electron chi connectivity index (χ0n) is 12.9. The van der Waals surface area contributed by atoms with Crippen molar-refractivity contribution in [2.24, 2.45) is 0 Å². The zero-order valence-corrected chi connectivity index (χ0v) is 12.9. The molecule has 1 aliphatic rings. The molecule has 0 aliphatic carbocycles. The highest BCUT2D eigenvalue weighted by molar-refractivity contribution is 5.88. The van der Waals surface area contributed by atoms with E-state index in [-0.39, 0.29) is 12.3 Å².